The molecule has 0 N–H and O–H groups in total. The third-order valence-electron chi connectivity index (χ3n) is 1.82. The molecule has 0 aromatic carbocycles. The second-order valence-electron chi connectivity index (χ2n) is 3.14. The number of hydrogen-bond acceptors (Lipinski definition) is 0. The molecule has 72 valence electrons. The molecule has 0 unspecified atom stereocenters. The van der Waals surface area contributed by atoms with Crippen molar-refractivity contribution < 1.29 is 0 Å². The van der Waals surface area contributed by atoms with Gasteiger partial charge in [-0.05, 0) is 41.7 Å². The zero-order valence-corrected chi connectivity index (χ0v) is 10.3. The largest absolute Gasteiger partial charge is 0.0654 e. The lowest BCUT2D eigenvalue weighted by molar-refractivity contribution is 0.776. The summed E-state index contributed by atoms with van der Waals surface area (Å²) in [7, 11) is 3.34. The first kappa shape index (κ1) is 12.9. The minimum atomic E-state index is 1.36. The van der Waals surface area contributed by atoms with Crippen LogP contribution in [0, 0.1) is 0 Å². The molecule has 0 saturated heterocycles. The average molecular weight is 204 g/mol. The van der Waals surface area contributed by atoms with Crippen LogP contribution >= 0.6 is 16.5 Å². The molecule has 0 aliphatic heterocycles. The second kappa shape index (κ2) is 11.9. The summed E-state index contributed by atoms with van der Waals surface area (Å²) in [5.41, 5.74) is 0. The van der Waals surface area contributed by atoms with Gasteiger partial charge in [-0.1, -0.05) is 39.5 Å². The van der Waals surface area contributed by atoms with Crippen LogP contribution in [0.3, 0.4) is 0 Å². The summed E-state index contributed by atoms with van der Waals surface area (Å²) in [6, 6.07) is 0. The van der Waals surface area contributed by atoms with Crippen molar-refractivity contribution in [3.05, 3.63) is 0 Å². The highest BCUT2D eigenvalue weighted by Crippen LogP contribution is 2.38. The SMILES string of the molecule is CCCCC[P][P]CCCCC. The standard InChI is InChI=1S/C10H22P2/c1-3-5-7-9-11-12-10-8-6-4-2/h3-10H2,1-2H3. The molecule has 0 aromatic rings. The summed E-state index contributed by atoms with van der Waals surface area (Å²) >= 11 is 0. The van der Waals surface area contributed by atoms with Gasteiger partial charge in [-0.2, -0.15) is 0 Å². The van der Waals surface area contributed by atoms with E-state index < -0.39 is 0 Å². The predicted octanol–water partition coefficient (Wildman–Crippen LogP) is 5.17. The molecule has 0 atom stereocenters. The topological polar surface area (TPSA) is 0 Å². The van der Waals surface area contributed by atoms with Gasteiger partial charge in [0.15, 0.2) is 0 Å². The molecule has 0 aromatic heterocycles. The highest BCUT2D eigenvalue weighted by molar-refractivity contribution is 8.11. The van der Waals surface area contributed by atoms with E-state index in [1.165, 1.54) is 50.8 Å². The van der Waals surface area contributed by atoms with Crippen LogP contribution in [0.15, 0.2) is 0 Å². The van der Waals surface area contributed by atoms with E-state index in [0.29, 0.717) is 0 Å². The Kier molecular flexibility index (Phi) is 12.7. The Morgan fingerprint density at radius 3 is 1.42 bits per heavy atom. The molecule has 0 amide bonds. The van der Waals surface area contributed by atoms with Crippen LogP contribution in [0.4, 0.5) is 0 Å². The van der Waals surface area contributed by atoms with Crippen molar-refractivity contribution in [2.24, 2.45) is 0 Å². The summed E-state index contributed by atoms with van der Waals surface area (Å²) < 4.78 is 0. The van der Waals surface area contributed by atoms with Crippen molar-refractivity contribution in [1.82, 2.24) is 0 Å². The molecule has 0 rings (SSSR count). The van der Waals surface area contributed by atoms with Gasteiger partial charge in [0.1, 0.15) is 0 Å². The fraction of sp³-hybridized carbons (Fsp3) is 1.00. The summed E-state index contributed by atoms with van der Waals surface area (Å²) in [6.07, 6.45) is 11.3. The van der Waals surface area contributed by atoms with E-state index in [1.54, 1.807) is 16.5 Å². The first-order valence-electron chi connectivity index (χ1n) is 5.25. The molecule has 12 heavy (non-hydrogen) atoms. The van der Waals surface area contributed by atoms with Crippen molar-refractivity contribution in [3.8, 4) is 0 Å². The van der Waals surface area contributed by atoms with Crippen LogP contribution < -0.4 is 0 Å². The minimum Gasteiger partial charge on any atom is -0.0654 e. The Balaban J connectivity index is 2.73. The Bertz CT molecular complexity index is 64.2. The van der Waals surface area contributed by atoms with E-state index in [1.807, 2.05) is 0 Å². The zero-order valence-electron chi connectivity index (χ0n) is 8.55. The minimum absolute atomic E-state index is 1.36. The number of rotatable bonds is 9. The lowest BCUT2D eigenvalue weighted by Gasteiger charge is -1.98. The second-order valence-corrected chi connectivity index (χ2v) is 6.30. The molecule has 2 radical (unpaired) electrons. The van der Waals surface area contributed by atoms with Crippen molar-refractivity contribution in [3.63, 3.8) is 0 Å². The maximum absolute atomic E-state index is 2.27. The number of hydrogen-bond donors (Lipinski definition) is 0. The highest BCUT2D eigenvalue weighted by Gasteiger charge is 1.91. The molecular weight excluding hydrogens is 182 g/mol. The maximum atomic E-state index is 2.27. The van der Waals surface area contributed by atoms with Crippen molar-refractivity contribution in [1.29, 1.82) is 0 Å². The molecule has 2 heteroatoms. The molecule has 0 heterocycles. The van der Waals surface area contributed by atoms with Crippen molar-refractivity contribution in [2.45, 2.75) is 52.4 Å². The maximum Gasteiger partial charge on any atom is -0.0242 e. The molecule has 0 fully saturated rings. The van der Waals surface area contributed by atoms with E-state index >= 15 is 0 Å². The third kappa shape index (κ3) is 10.9. The van der Waals surface area contributed by atoms with Gasteiger partial charge in [0.2, 0.25) is 0 Å². The van der Waals surface area contributed by atoms with E-state index in [-0.39, 0.29) is 0 Å². The lowest BCUT2D eigenvalue weighted by atomic mass is 10.3. The molecule has 0 aliphatic carbocycles. The van der Waals surface area contributed by atoms with Crippen LogP contribution in [0.1, 0.15) is 52.4 Å². The van der Waals surface area contributed by atoms with E-state index in [0.717, 1.165) is 0 Å². The Labute approximate surface area is 81.7 Å². The average Bonchev–Trinajstić information content (AvgIpc) is 2.10. The normalized spacial score (nSPS) is 12.5. The van der Waals surface area contributed by atoms with E-state index in [2.05, 4.69) is 13.8 Å². The fourth-order valence-electron chi connectivity index (χ4n) is 1.01. The van der Waals surface area contributed by atoms with Gasteiger partial charge >= 0.3 is 0 Å². The van der Waals surface area contributed by atoms with Gasteiger partial charge in [0.25, 0.3) is 0 Å². The van der Waals surface area contributed by atoms with Crippen LogP contribution in [0.25, 0.3) is 0 Å². The quantitative estimate of drug-likeness (QED) is 0.359. The molecule has 0 aliphatic rings. The van der Waals surface area contributed by atoms with Gasteiger partial charge in [0, 0.05) is 0 Å². The molecule has 0 saturated carbocycles. The van der Waals surface area contributed by atoms with Crippen LogP contribution in [-0.4, -0.2) is 12.3 Å². The Morgan fingerprint density at radius 1 is 0.667 bits per heavy atom. The predicted molar refractivity (Wildman–Crippen MR) is 62.6 cm³/mol. The Hall–Kier alpha value is 0.860. The molecule has 0 nitrogen and oxygen atoms in total. The smallest absolute Gasteiger partial charge is 0.0242 e. The van der Waals surface area contributed by atoms with E-state index in [9.17, 15) is 0 Å². The first-order chi connectivity index (χ1) is 5.91. The monoisotopic (exact) mass is 204 g/mol. The summed E-state index contributed by atoms with van der Waals surface area (Å²) in [4.78, 5) is 0. The zero-order chi connectivity index (χ0) is 9.07. The number of unbranched alkanes of at least 4 members (excludes halogenated alkanes) is 4. The van der Waals surface area contributed by atoms with Gasteiger partial charge in [0.05, 0.1) is 0 Å². The van der Waals surface area contributed by atoms with Gasteiger partial charge in [-0.15, -0.1) is 0 Å². The summed E-state index contributed by atoms with van der Waals surface area (Å²) in [5, 5.41) is 0. The summed E-state index contributed by atoms with van der Waals surface area (Å²) in [5.74, 6) is 0. The van der Waals surface area contributed by atoms with E-state index in [4.69, 9.17) is 0 Å². The van der Waals surface area contributed by atoms with Gasteiger partial charge < -0.3 is 0 Å². The molecular formula is C10H22P2. The van der Waals surface area contributed by atoms with Crippen LogP contribution in [-0.2, 0) is 0 Å². The van der Waals surface area contributed by atoms with Gasteiger partial charge in [-0.3, -0.25) is 0 Å². The third-order valence-corrected chi connectivity index (χ3v) is 4.86. The molecule has 0 spiro atoms. The lowest BCUT2D eigenvalue weighted by Crippen LogP contribution is -1.76. The van der Waals surface area contributed by atoms with Gasteiger partial charge in [-0.25, -0.2) is 0 Å². The Morgan fingerprint density at radius 2 is 1.08 bits per heavy atom. The van der Waals surface area contributed by atoms with Crippen LogP contribution in [0.2, 0.25) is 0 Å². The fourth-order valence-corrected chi connectivity index (χ4v) is 3.72. The summed E-state index contributed by atoms with van der Waals surface area (Å²) in [6.45, 7) is 4.55. The van der Waals surface area contributed by atoms with Crippen molar-refractivity contribution >= 4 is 16.5 Å². The van der Waals surface area contributed by atoms with Crippen molar-refractivity contribution in [2.75, 3.05) is 12.3 Å². The first-order valence-corrected chi connectivity index (χ1v) is 8.11. The van der Waals surface area contributed by atoms with Crippen LogP contribution in [0.5, 0.6) is 0 Å². The highest BCUT2D eigenvalue weighted by atomic mass is 32.0. The molecule has 0 bridgehead atoms.